The van der Waals surface area contributed by atoms with E-state index in [2.05, 4.69) is 17.4 Å². The number of carbonyl (C=O) groups is 2. The number of benzene rings is 2. The molecule has 0 saturated carbocycles. The number of amides is 2. The molecule has 6 heteroatoms. The van der Waals surface area contributed by atoms with Crippen molar-refractivity contribution in [2.45, 2.75) is 51.5 Å². The molecule has 1 fully saturated rings. The number of hydrogen-bond acceptors (Lipinski definition) is 2. The Kier molecular flexibility index (Phi) is 8.08. The van der Waals surface area contributed by atoms with E-state index in [1.54, 1.807) is 12.1 Å². The van der Waals surface area contributed by atoms with Crippen molar-refractivity contribution in [1.29, 1.82) is 0 Å². The molecule has 2 aromatic rings. The number of piperidine rings is 1. The fraction of sp³-hybridized carbons (Fsp3) is 0.440. The quantitative estimate of drug-likeness (QED) is 0.656. The van der Waals surface area contributed by atoms with Crippen LogP contribution in [0, 0.1) is 11.7 Å². The average Bonchev–Trinajstić information content (AvgIpc) is 2.77. The molecular formula is C25H30ClFN2O2. The zero-order chi connectivity index (χ0) is 22.4. The van der Waals surface area contributed by atoms with Gasteiger partial charge in [-0.05, 0) is 66.5 Å². The van der Waals surface area contributed by atoms with Crippen molar-refractivity contribution >= 4 is 23.4 Å². The maximum absolute atomic E-state index is 13.1. The molecule has 1 aliphatic rings. The number of rotatable bonds is 7. The van der Waals surface area contributed by atoms with Gasteiger partial charge < -0.3 is 10.2 Å². The average molecular weight is 445 g/mol. The van der Waals surface area contributed by atoms with E-state index in [0.29, 0.717) is 25.4 Å². The Morgan fingerprint density at radius 2 is 1.68 bits per heavy atom. The minimum Gasteiger partial charge on any atom is -0.344 e. The molecule has 0 radical (unpaired) electrons. The van der Waals surface area contributed by atoms with Crippen molar-refractivity contribution in [2.75, 3.05) is 13.1 Å². The first-order valence-corrected chi connectivity index (χ1v) is 11.3. The first kappa shape index (κ1) is 23.3. The third-order valence-electron chi connectivity index (χ3n) is 5.95. The number of nitrogens with zero attached hydrogens (tertiary/aromatic N) is 1. The second-order valence-corrected chi connectivity index (χ2v) is 9.00. The first-order chi connectivity index (χ1) is 14.8. The second-order valence-electron chi connectivity index (χ2n) is 8.57. The lowest BCUT2D eigenvalue weighted by Crippen LogP contribution is -2.52. The highest BCUT2D eigenvalue weighted by Crippen LogP contribution is 2.29. The Morgan fingerprint density at radius 3 is 2.26 bits per heavy atom. The molecule has 1 heterocycles. The normalized spacial score (nSPS) is 15.7. The minimum atomic E-state index is -0.534. The van der Waals surface area contributed by atoms with E-state index in [0.717, 1.165) is 23.4 Å². The molecule has 3 rings (SSSR count). The smallest absolute Gasteiger partial charge is 0.245 e. The van der Waals surface area contributed by atoms with Gasteiger partial charge in [0.05, 0.1) is 0 Å². The van der Waals surface area contributed by atoms with Gasteiger partial charge in [0.25, 0.3) is 0 Å². The summed E-state index contributed by atoms with van der Waals surface area (Å²) in [6, 6.07) is 13.5. The highest BCUT2D eigenvalue weighted by atomic mass is 35.5. The van der Waals surface area contributed by atoms with Crippen molar-refractivity contribution < 1.29 is 14.0 Å². The molecule has 0 unspecified atom stereocenters. The second kappa shape index (κ2) is 10.8. The molecule has 31 heavy (non-hydrogen) atoms. The summed E-state index contributed by atoms with van der Waals surface area (Å²) >= 11 is 5.98. The molecule has 2 amide bonds. The molecule has 2 aromatic carbocycles. The van der Waals surface area contributed by atoms with Crippen molar-refractivity contribution in [3.8, 4) is 0 Å². The Hall–Kier alpha value is -2.40. The third kappa shape index (κ3) is 6.54. The molecule has 1 atom stereocenters. The molecule has 0 spiro atoms. The molecular weight excluding hydrogens is 415 g/mol. The summed E-state index contributed by atoms with van der Waals surface area (Å²) in [7, 11) is 0. The van der Waals surface area contributed by atoms with Crippen LogP contribution in [0.15, 0.2) is 48.5 Å². The van der Waals surface area contributed by atoms with Gasteiger partial charge in [-0.15, -0.1) is 0 Å². The highest BCUT2D eigenvalue weighted by molar-refractivity contribution is 6.30. The molecule has 0 aromatic heterocycles. The van der Waals surface area contributed by atoms with Crippen LogP contribution in [-0.2, 0) is 16.0 Å². The third-order valence-corrected chi connectivity index (χ3v) is 6.20. The monoisotopic (exact) mass is 444 g/mol. The SMILES string of the molecule is CC(C)[C@@H](NC(=O)CCc1ccc(F)cc1)C(=O)N1CCC(c2ccc(Cl)cc2)CC1. The number of carbonyl (C=O) groups excluding carboxylic acids is 2. The highest BCUT2D eigenvalue weighted by Gasteiger charge is 2.31. The first-order valence-electron chi connectivity index (χ1n) is 10.9. The summed E-state index contributed by atoms with van der Waals surface area (Å²) in [5.74, 6) is -0.0500. The molecule has 4 nitrogen and oxygen atoms in total. The molecule has 0 aliphatic carbocycles. The van der Waals surface area contributed by atoms with Gasteiger partial charge in [0.15, 0.2) is 0 Å². The Labute approximate surface area is 188 Å². The number of likely N-dealkylation sites (tertiary alicyclic amines) is 1. The van der Waals surface area contributed by atoms with Crippen LogP contribution in [0.2, 0.25) is 5.02 Å². The number of aryl methyl sites for hydroxylation is 1. The maximum atomic E-state index is 13.1. The summed E-state index contributed by atoms with van der Waals surface area (Å²) in [4.78, 5) is 27.5. The van der Waals surface area contributed by atoms with Gasteiger partial charge in [-0.1, -0.05) is 49.7 Å². The van der Waals surface area contributed by atoms with E-state index in [4.69, 9.17) is 11.6 Å². The molecule has 1 N–H and O–H groups in total. The molecule has 0 bridgehead atoms. The standard InChI is InChI=1S/C25H30ClFN2O2/c1-17(2)24(28-23(30)12-5-18-3-10-22(27)11-4-18)25(31)29-15-13-20(14-16-29)19-6-8-21(26)9-7-19/h3-4,6-11,17,20,24H,5,12-16H2,1-2H3,(H,28,30)/t24-/m1/s1. The van der Waals surface area contributed by atoms with Crippen LogP contribution in [0.3, 0.4) is 0 Å². The van der Waals surface area contributed by atoms with E-state index < -0.39 is 6.04 Å². The summed E-state index contributed by atoms with van der Waals surface area (Å²) in [5, 5.41) is 3.65. The van der Waals surface area contributed by atoms with E-state index in [1.807, 2.05) is 30.9 Å². The van der Waals surface area contributed by atoms with Crippen molar-refractivity contribution in [3.63, 3.8) is 0 Å². The predicted molar refractivity (Wildman–Crippen MR) is 121 cm³/mol. The van der Waals surface area contributed by atoms with E-state index >= 15 is 0 Å². The summed E-state index contributed by atoms with van der Waals surface area (Å²) < 4.78 is 13.0. The fourth-order valence-electron chi connectivity index (χ4n) is 4.03. The van der Waals surface area contributed by atoms with Gasteiger partial charge in [0, 0.05) is 24.5 Å². The summed E-state index contributed by atoms with van der Waals surface area (Å²) in [6.45, 7) is 5.26. The van der Waals surface area contributed by atoms with E-state index in [9.17, 15) is 14.0 Å². The topological polar surface area (TPSA) is 49.4 Å². The fourth-order valence-corrected chi connectivity index (χ4v) is 4.16. The van der Waals surface area contributed by atoms with Gasteiger partial charge in [0.1, 0.15) is 11.9 Å². The molecule has 166 valence electrons. The van der Waals surface area contributed by atoms with Gasteiger partial charge >= 0.3 is 0 Å². The largest absolute Gasteiger partial charge is 0.344 e. The number of hydrogen-bond donors (Lipinski definition) is 1. The van der Waals surface area contributed by atoms with Gasteiger partial charge in [0.2, 0.25) is 11.8 Å². The van der Waals surface area contributed by atoms with Crippen LogP contribution in [-0.4, -0.2) is 35.8 Å². The van der Waals surface area contributed by atoms with Crippen LogP contribution >= 0.6 is 11.6 Å². The Morgan fingerprint density at radius 1 is 1.06 bits per heavy atom. The lowest BCUT2D eigenvalue weighted by Gasteiger charge is -2.35. The van der Waals surface area contributed by atoms with Gasteiger partial charge in [-0.25, -0.2) is 4.39 Å². The van der Waals surface area contributed by atoms with Gasteiger partial charge in [-0.3, -0.25) is 9.59 Å². The number of nitrogens with one attached hydrogen (secondary N) is 1. The summed E-state index contributed by atoms with van der Waals surface area (Å²) in [5.41, 5.74) is 2.15. The van der Waals surface area contributed by atoms with Gasteiger partial charge in [-0.2, -0.15) is 0 Å². The van der Waals surface area contributed by atoms with Crippen LogP contribution in [0.1, 0.15) is 50.2 Å². The molecule has 1 aliphatic heterocycles. The van der Waals surface area contributed by atoms with Crippen molar-refractivity contribution in [3.05, 3.63) is 70.5 Å². The zero-order valence-corrected chi connectivity index (χ0v) is 18.9. The minimum absolute atomic E-state index is 0.00346. The van der Waals surface area contributed by atoms with Crippen LogP contribution in [0.4, 0.5) is 4.39 Å². The van der Waals surface area contributed by atoms with Crippen LogP contribution < -0.4 is 5.32 Å². The summed E-state index contributed by atoms with van der Waals surface area (Å²) in [6.07, 6.45) is 2.58. The van der Waals surface area contributed by atoms with Crippen molar-refractivity contribution in [1.82, 2.24) is 10.2 Å². The van der Waals surface area contributed by atoms with Crippen LogP contribution in [0.5, 0.6) is 0 Å². The Balaban J connectivity index is 1.52. The van der Waals surface area contributed by atoms with Crippen molar-refractivity contribution in [2.24, 2.45) is 5.92 Å². The lowest BCUT2D eigenvalue weighted by molar-refractivity contribution is -0.138. The number of halogens is 2. The maximum Gasteiger partial charge on any atom is 0.245 e. The predicted octanol–water partition coefficient (Wildman–Crippen LogP) is 4.96. The lowest BCUT2D eigenvalue weighted by atomic mass is 9.89. The Bertz CT molecular complexity index is 875. The van der Waals surface area contributed by atoms with Crippen LogP contribution in [0.25, 0.3) is 0 Å². The zero-order valence-electron chi connectivity index (χ0n) is 18.1. The van der Waals surface area contributed by atoms with E-state index in [-0.39, 0.29) is 30.0 Å². The van der Waals surface area contributed by atoms with E-state index in [1.165, 1.54) is 17.7 Å². The molecule has 1 saturated heterocycles.